The summed E-state index contributed by atoms with van der Waals surface area (Å²) in [4.78, 5) is 14.9. The maximum Gasteiger partial charge on any atom is 0.0607 e. The Labute approximate surface area is 186 Å². The fourth-order valence-corrected chi connectivity index (χ4v) is 5.53. The van der Waals surface area contributed by atoms with Gasteiger partial charge in [0.15, 0.2) is 0 Å². The van der Waals surface area contributed by atoms with E-state index in [1.807, 2.05) is 18.5 Å². The molecule has 0 saturated carbocycles. The SMILES string of the molecule is c1cnc2c(c1)CN[C@H](CN(CCCN1CCNCC1)[C@H]1CCCc3cccnc31)C2. The molecule has 0 unspecified atom stereocenters. The summed E-state index contributed by atoms with van der Waals surface area (Å²) in [5, 5.41) is 7.25. The predicted octanol–water partition coefficient (Wildman–Crippen LogP) is 2.17. The van der Waals surface area contributed by atoms with Crippen molar-refractivity contribution in [2.24, 2.45) is 0 Å². The minimum Gasteiger partial charge on any atom is -0.314 e. The van der Waals surface area contributed by atoms with Crippen LogP contribution >= 0.6 is 0 Å². The highest BCUT2D eigenvalue weighted by Gasteiger charge is 2.30. The third-order valence-electron chi connectivity index (χ3n) is 7.20. The quantitative estimate of drug-likeness (QED) is 0.716. The molecule has 0 amide bonds. The fourth-order valence-electron chi connectivity index (χ4n) is 5.53. The van der Waals surface area contributed by atoms with Gasteiger partial charge in [0, 0.05) is 76.4 Å². The van der Waals surface area contributed by atoms with Crippen LogP contribution in [-0.4, -0.2) is 71.6 Å². The Morgan fingerprint density at radius 2 is 1.90 bits per heavy atom. The van der Waals surface area contributed by atoms with Crippen LogP contribution in [0.4, 0.5) is 0 Å². The van der Waals surface area contributed by atoms with E-state index in [4.69, 9.17) is 4.98 Å². The Kier molecular flexibility index (Phi) is 6.89. The van der Waals surface area contributed by atoms with Gasteiger partial charge in [0.05, 0.1) is 11.7 Å². The monoisotopic (exact) mass is 420 g/mol. The van der Waals surface area contributed by atoms with Gasteiger partial charge in [-0.2, -0.15) is 0 Å². The lowest BCUT2D eigenvalue weighted by Gasteiger charge is -2.39. The summed E-state index contributed by atoms with van der Waals surface area (Å²) in [5.41, 5.74) is 5.41. The Hall–Kier alpha value is -1.86. The number of pyridine rings is 2. The molecule has 2 aliphatic heterocycles. The molecule has 4 heterocycles. The zero-order valence-corrected chi connectivity index (χ0v) is 18.6. The van der Waals surface area contributed by atoms with E-state index in [1.165, 1.54) is 67.8 Å². The first kappa shape index (κ1) is 21.0. The van der Waals surface area contributed by atoms with Gasteiger partial charge in [-0.1, -0.05) is 12.1 Å². The second-order valence-electron chi connectivity index (χ2n) is 9.29. The number of nitrogens with zero attached hydrogens (tertiary/aromatic N) is 4. The number of aryl methyl sites for hydroxylation is 1. The van der Waals surface area contributed by atoms with Crippen molar-refractivity contribution in [1.29, 1.82) is 0 Å². The summed E-state index contributed by atoms with van der Waals surface area (Å²) in [6.07, 6.45) is 9.82. The van der Waals surface area contributed by atoms with Crippen molar-refractivity contribution in [3.05, 3.63) is 59.2 Å². The molecular weight excluding hydrogens is 384 g/mol. The Bertz CT molecular complexity index is 849. The molecule has 31 heavy (non-hydrogen) atoms. The van der Waals surface area contributed by atoms with E-state index < -0.39 is 0 Å². The van der Waals surface area contributed by atoms with Crippen LogP contribution < -0.4 is 10.6 Å². The number of hydrogen-bond acceptors (Lipinski definition) is 6. The van der Waals surface area contributed by atoms with Crippen LogP contribution in [0.15, 0.2) is 36.7 Å². The van der Waals surface area contributed by atoms with Crippen LogP contribution in [0.1, 0.15) is 47.8 Å². The van der Waals surface area contributed by atoms with E-state index >= 15 is 0 Å². The van der Waals surface area contributed by atoms with Gasteiger partial charge in [0.25, 0.3) is 0 Å². The van der Waals surface area contributed by atoms with Crippen LogP contribution in [0, 0.1) is 0 Å². The average Bonchev–Trinajstić information content (AvgIpc) is 2.84. The summed E-state index contributed by atoms with van der Waals surface area (Å²) in [6, 6.07) is 9.54. The van der Waals surface area contributed by atoms with Crippen LogP contribution in [-0.2, 0) is 19.4 Å². The Morgan fingerprint density at radius 1 is 1.06 bits per heavy atom. The first-order valence-electron chi connectivity index (χ1n) is 12.1. The summed E-state index contributed by atoms with van der Waals surface area (Å²) in [6.45, 7) is 8.95. The van der Waals surface area contributed by atoms with E-state index in [0.29, 0.717) is 12.1 Å². The third kappa shape index (κ3) is 5.14. The number of nitrogens with one attached hydrogen (secondary N) is 2. The molecule has 6 nitrogen and oxygen atoms in total. The lowest BCUT2D eigenvalue weighted by molar-refractivity contribution is 0.140. The number of rotatable bonds is 7. The maximum atomic E-state index is 4.86. The van der Waals surface area contributed by atoms with Crippen LogP contribution in [0.5, 0.6) is 0 Å². The van der Waals surface area contributed by atoms with Gasteiger partial charge in [-0.3, -0.25) is 14.9 Å². The van der Waals surface area contributed by atoms with Gasteiger partial charge in [0.2, 0.25) is 0 Å². The normalized spacial score (nSPS) is 24.0. The average molecular weight is 421 g/mol. The van der Waals surface area contributed by atoms with Crippen LogP contribution in [0.2, 0.25) is 0 Å². The highest BCUT2D eigenvalue weighted by molar-refractivity contribution is 5.26. The number of aromatic nitrogens is 2. The fraction of sp³-hybridized carbons (Fsp3) is 0.600. The summed E-state index contributed by atoms with van der Waals surface area (Å²) in [7, 11) is 0. The number of piperazine rings is 1. The highest BCUT2D eigenvalue weighted by Crippen LogP contribution is 2.33. The van der Waals surface area contributed by atoms with E-state index in [-0.39, 0.29) is 0 Å². The van der Waals surface area contributed by atoms with Crippen molar-refractivity contribution >= 4 is 0 Å². The molecule has 166 valence electrons. The summed E-state index contributed by atoms with van der Waals surface area (Å²) in [5.74, 6) is 0. The molecule has 0 aromatic carbocycles. The zero-order valence-electron chi connectivity index (χ0n) is 18.6. The van der Waals surface area contributed by atoms with Gasteiger partial charge >= 0.3 is 0 Å². The van der Waals surface area contributed by atoms with Crippen molar-refractivity contribution in [2.45, 2.75) is 50.7 Å². The summed E-state index contributed by atoms with van der Waals surface area (Å²) >= 11 is 0. The first-order chi connectivity index (χ1) is 15.4. The Morgan fingerprint density at radius 3 is 2.81 bits per heavy atom. The molecule has 2 atom stereocenters. The van der Waals surface area contributed by atoms with Crippen molar-refractivity contribution < 1.29 is 0 Å². The first-order valence-corrected chi connectivity index (χ1v) is 12.1. The van der Waals surface area contributed by atoms with E-state index in [1.54, 1.807) is 0 Å². The zero-order chi connectivity index (χ0) is 20.9. The topological polar surface area (TPSA) is 56.3 Å². The smallest absolute Gasteiger partial charge is 0.0607 e. The van der Waals surface area contributed by atoms with Crippen molar-refractivity contribution in [2.75, 3.05) is 45.8 Å². The molecule has 2 N–H and O–H groups in total. The van der Waals surface area contributed by atoms with Gasteiger partial charge < -0.3 is 15.5 Å². The molecule has 0 radical (unpaired) electrons. The molecule has 1 saturated heterocycles. The Balaban J connectivity index is 1.28. The van der Waals surface area contributed by atoms with Crippen LogP contribution in [0.3, 0.4) is 0 Å². The van der Waals surface area contributed by atoms with E-state index in [9.17, 15) is 0 Å². The minimum atomic E-state index is 0.444. The van der Waals surface area contributed by atoms with Gasteiger partial charge in [-0.05, 0) is 55.5 Å². The minimum absolute atomic E-state index is 0.444. The summed E-state index contributed by atoms with van der Waals surface area (Å²) < 4.78 is 0. The molecule has 0 spiro atoms. The lowest BCUT2D eigenvalue weighted by Crippen LogP contribution is -2.48. The second-order valence-corrected chi connectivity index (χ2v) is 9.29. The molecule has 1 fully saturated rings. The molecule has 2 aromatic heterocycles. The lowest BCUT2D eigenvalue weighted by atomic mass is 9.90. The number of hydrogen-bond donors (Lipinski definition) is 2. The van der Waals surface area contributed by atoms with Gasteiger partial charge in [-0.15, -0.1) is 0 Å². The second kappa shape index (κ2) is 10.2. The van der Waals surface area contributed by atoms with Gasteiger partial charge in [-0.25, -0.2) is 0 Å². The molecule has 5 rings (SSSR count). The molecule has 0 bridgehead atoms. The standard InChI is InChI=1S/C25H36N6/c1-5-20-6-2-10-28-25(20)24(8-1)31(14-4-13-30-15-11-26-12-16-30)19-22-17-23-21(18-29-22)7-3-9-27-23/h2-3,6-7,9-10,22,24,26,29H,1,4-5,8,11-19H2/t22-,24-/m0/s1. The molecule has 2 aromatic rings. The van der Waals surface area contributed by atoms with E-state index in [2.05, 4.69) is 43.6 Å². The van der Waals surface area contributed by atoms with Crippen molar-refractivity contribution in [3.8, 4) is 0 Å². The van der Waals surface area contributed by atoms with Crippen LogP contribution in [0.25, 0.3) is 0 Å². The molecule has 3 aliphatic rings. The maximum absolute atomic E-state index is 4.86. The largest absolute Gasteiger partial charge is 0.314 e. The van der Waals surface area contributed by atoms with Crippen molar-refractivity contribution in [3.63, 3.8) is 0 Å². The van der Waals surface area contributed by atoms with Crippen molar-refractivity contribution in [1.82, 2.24) is 30.4 Å². The molecule has 1 aliphatic carbocycles. The number of fused-ring (bicyclic) bond motifs is 2. The molecular formula is C25H36N6. The van der Waals surface area contributed by atoms with Gasteiger partial charge in [0.1, 0.15) is 0 Å². The molecule has 6 heteroatoms. The van der Waals surface area contributed by atoms with E-state index in [0.717, 1.165) is 39.1 Å². The highest BCUT2D eigenvalue weighted by atomic mass is 15.2. The predicted molar refractivity (Wildman–Crippen MR) is 124 cm³/mol. The third-order valence-corrected chi connectivity index (χ3v) is 7.20.